The summed E-state index contributed by atoms with van der Waals surface area (Å²) < 4.78 is 10.9. The number of benzene rings is 2. The van der Waals surface area contributed by atoms with E-state index in [4.69, 9.17) is 21.1 Å². The van der Waals surface area contributed by atoms with Crippen molar-refractivity contribution in [3.05, 3.63) is 64.2 Å². The van der Waals surface area contributed by atoms with Crippen LogP contribution in [-0.2, 0) is 9.59 Å². The van der Waals surface area contributed by atoms with Gasteiger partial charge in [-0.15, -0.1) is 0 Å². The zero-order chi connectivity index (χ0) is 23.4. The molecule has 1 N–H and O–H groups in total. The fourth-order valence-electron chi connectivity index (χ4n) is 3.71. The molecule has 0 spiro atoms. The summed E-state index contributed by atoms with van der Waals surface area (Å²) in [6.45, 7) is 3.14. The van der Waals surface area contributed by atoms with Crippen molar-refractivity contribution in [3.8, 4) is 11.5 Å². The third-order valence-corrected chi connectivity index (χ3v) is 5.56. The van der Waals surface area contributed by atoms with Gasteiger partial charge in [-0.2, -0.15) is 0 Å². The van der Waals surface area contributed by atoms with Gasteiger partial charge in [0.2, 0.25) is 0 Å². The van der Waals surface area contributed by atoms with E-state index in [-0.39, 0.29) is 11.3 Å². The minimum absolute atomic E-state index is 0.00140. The maximum atomic E-state index is 13.1. The Bertz CT molecular complexity index is 1050. The first-order valence-corrected chi connectivity index (χ1v) is 10.7. The molecular formula is C24H27ClN2O5. The lowest BCUT2D eigenvalue weighted by molar-refractivity contribution is -0.140. The van der Waals surface area contributed by atoms with Crippen LogP contribution in [0.5, 0.6) is 11.5 Å². The molecule has 2 aromatic rings. The van der Waals surface area contributed by atoms with Crippen LogP contribution >= 0.6 is 11.6 Å². The molecule has 1 heterocycles. The van der Waals surface area contributed by atoms with Crippen LogP contribution in [0.4, 0.5) is 0 Å². The van der Waals surface area contributed by atoms with Gasteiger partial charge in [-0.05, 0) is 45.3 Å². The Morgan fingerprint density at radius 1 is 1.16 bits per heavy atom. The third kappa shape index (κ3) is 4.59. The van der Waals surface area contributed by atoms with Crippen molar-refractivity contribution in [1.82, 2.24) is 9.80 Å². The number of ether oxygens (including phenoxy) is 2. The lowest BCUT2D eigenvalue weighted by Crippen LogP contribution is -2.35. The molecule has 1 atom stereocenters. The maximum absolute atomic E-state index is 13.1. The SMILES string of the molecule is CCOc1ccc(C(O)=C2C(=O)C(=O)N(CCN(C)C)C2c2ccccc2OC)cc1Cl. The first-order chi connectivity index (χ1) is 15.3. The Labute approximate surface area is 192 Å². The number of para-hydroxylation sites is 1. The van der Waals surface area contributed by atoms with Crippen LogP contribution in [0.2, 0.25) is 5.02 Å². The molecule has 3 rings (SSSR count). The summed E-state index contributed by atoms with van der Waals surface area (Å²) in [4.78, 5) is 29.5. The van der Waals surface area contributed by atoms with Crippen LogP contribution in [0, 0.1) is 0 Å². The van der Waals surface area contributed by atoms with Crippen LogP contribution in [0.1, 0.15) is 24.1 Å². The summed E-state index contributed by atoms with van der Waals surface area (Å²) >= 11 is 6.29. The second-order valence-electron chi connectivity index (χ2n) is 7.62. The average Bonchev–Trinajstić information content (AvgIpc) is 3.03. The van der Waals surface area contributed by atoms with E-state index in [1.54, 1.807) is 36.4 Å². The quantitative estimate of drug-likeness (QED) is 0.369. The number of nitrogens with zero attached hydrogens (tertiary/aromatic N) is 2. The molecular weight excluding hydrogens is 432 g/mol. The third-order valence-electron chi connectivity index (χ3n) is 5.27. The summed E-state index contributed by atoms with van der Waals surface area (Å²) in [6.07, 6.45) is 0. The summed E-state index contributed by atoms with van der Waals surface area (Å²) in [6, 6.07) is 11.1. The van der Waals surface area contributed by atoms with Crippen molar-refractivity contribution < 1.29 is 24.2 Å². The lowest BCUT2D eigenvalue weighted by atomic mass is 9.94. The second-order valence-corrected chi connectivity index (χ2v) is 8.02. The standard InChI is InChI=1S/C24H27ClN2O5/c1-5-32-19-11-10-15(14-17(19)25)22(28)20-21(16-8-6-7-9-18(16)31-4)27(13-12-26(2)3)24(30)23(20)29/h6-11,14,21,28H,5,12-13H2,1-4H3. The van der Waals surface area contributed by atoms with Gasteiger partial charge in [0, 0.05) is 24.2 Å². The molecule has 1 aliphatic rings. The van der Waals surface area contributed by atoms with E-state index in [1.807, 2.05) is 25.9 Å². The van der Waals surface area contributed by atoms with Gasteiger partial charge in [-0.1, -0.05) is 29.8 Å². The van der Waals surface area contributed by atoms with E-state index in [2.05, 4.69) is 0 Å². The van der Waals surface area contributed by atoms with Gasteiger partial charge < -0.3 is 24.4 Å². The molecule has 1 aliphatic heterocycles. The molecule has 1 saturated heterocycles. The number of carbonyl (C=O) groups is 2. The number of Topliss-reactive ketones (excluding diaryl/α,β-unsaturated/α-hetero) is 1. The maximum Gasteiger partial charge on any atom is 0.295 e. The molecule has 0 saturated carbocycles. The van der Waals surface area contributed by atoms with Crippen LogP contribution < -0.4 is 9.47 Å². The van der Waals surface area contributed by atoms with Crippen molar-refractivity contribution in [1.29, 1.82) is 0 Å². The Kier molecular flexibility index (Phi) is 7.43. The van der Waals surface area contributed by atoms with E-state index in [0.29, 0.717) is 47.3 Å². The number of carbonyl (C=O) groups excluding carboxylic acids is 2. The Morgan fingerprint density at radius 3 is 2.50 bits per heavy atom. The van der Waals surface area contributed by atoms with Crippen molar-refractivity contribution in [3.63, 3.8) is 0 Å². The number of rotatable bonds is 8. The number of hydrogen-bond donors (Lipinski definition) is 1. The predicted octanol–water partition coefficient (Wildman–Crippen LogP) is 3.73. The topological polar surface area (TPSA) is 79.3 Å². The minimum atomic E-state index is -0.795. The highest BCUT2D eigenvalue weighted by Gasteiger charge is 2.46. The number of likely N-dealkylation sites (N-methyl/N-ethyl adjacent to an activating group) is 1. The Morgan fingerprint density at radius 2 is 1.88 bits per heavy atom. The van der Waals surface area contributed by atoms with Crippen LogP contribution in [-0.4, -0.2) is 67.5 Å². The molecule has 0 aliphatic carbocycles. The molecule has 0 radical (unpaired) electrons. The molecule has 1 amide bonds. The number of amides is 1. The van der Waals surface area contributed by atoms with Crippen LogP contribution in [0.15, 0.2) is 48.0 Å². The molecule has 8 heteroatoms. The van der Waals surface area contributed by atoms with Gasteiger partial charge in [0.05, 0.1) is 30.4 Å². The second kappa shape index (κ2) is 10.1. The Balaban J connectivity index is 2.17. The van der Waals surface area contributed by atoms with Gasteiger partial charge in [-0.3, -0.25) is 9.59 Å². The van der Waals surface area contributed by atoms with Gasteiger partial charge >= 0.3 is 0 Å². The molecule has 170 valence electrons. The van der Waals surface area contributed by atoms with Crippen molar-refractivity contribution in [2.75, 3.05) is 40.9 Å². The molecule has 0 bridgehead atoms. The number of methoxy groups -OCH3 is 1. The molecule has 32 heavy (non-hydrogen) atoms. The largest absolute Gasteiger partial charge is 0.507 e. The number of ketones is 1. The van der Waals surface area contributed by atoms with E-state index in [1.165, 1.54) is 18.1 Å². The smallest absolute Gasteiger partial charge is 0.295 e. The number of aliphatic hydroxyl groups excluding tert-OH is 1. The first-order valence-electron chi connectivity index (χ1n) is 10.3. The average molecular weight is 459 g/mol. The summed E-state index contributed by atoms with van der Waals surface area (Å²) in [5, 5.41) is 11.5. The number of hydrogen-bond acceptors (Lipinski definition) is 6. The minimum Gasteiger partial charge on any atom is -0.507 e. The van der Waals surface area contributed by atoms with E-state index < -0.39 is 17.7 Å². The van der Waals surface area contributed by atoms with Crippen molar-refractivity contribution >= 4 is 29.1 Å². The van der Waals surface area contributed by atoms with Crippen LogP contribution in [0.25, 0.3) is 5.76 Å². The van der Waals surface area contributed by atoms with Gasteiger partial charge in [0.1, 0.15) is 17.3 Å². The van der Waals surface area contributed by atoms with E-state index in [0.717, 1.165) is 0 Å². The fourth-order valence-corrected chi connectivity index (χ4v) is 3.95. The molecule has 2 aromatic carbocycles. The van der Waals surface area contributed by atoms with Gasteiger partial charge in [0.25, 0.3) is 11.7 Å². The van der Waals surface area contributed by atoms with E-state index in [9.17, 15) is 14.7 Å². The highest BCUT2D eigenvalue weighted by Crippen LogP contribution is 2.43. The number of aliphatic hydroxyl groups is 1. The van der Waals surface area contributed by atoms with Crippen LogP contribution in [0.3, 0.4) is 0 Å². The normalized spacial score (nSPS) is 17.8. The Hall–Kier alpha value is -3.03. The highest BCUT2D eigenvalue weighted by molar-refractivity contribution is 6.46. The monoisotopic (exact) mass is 458 g/mol. The van der Waals surface area contributed by atoms with Gasteiger partial charge in [-0.25, -0.2) is 0 Å². The zero-order valence-corrected chi connectivity index (χ0v) is 19.3. The molecule has 0 aromatic heterocycles. The first kappa shape index (κ1) is 23.6. The molecule has 1 fully saturated rings. The number of halogens is 1. The fraction of sp³-hybridized carbons (Fsp3) is 0.333. The highest BCUT2D eigenvalue weighted by atomic mass is 35.5. The zero-order valence-electron chi connectivity index (χ0n) is 18.6. The molecule has 1 unspecified atom stereocenters. The summed E-state index contributed by atoms with van der Waals surface area (Å²) in [5.41, 5.74) is 0.939. The number of likely N-dealkylation sites (tertiary alicyclic amines) is 1. The summed E-state index contributed by atoms with van der Waals surface area (Å²) in [5.74, 6) is -0.719. The van der Waals surface area contributed by atoms with Crippen molar-refractivity contribution in [2.45, 2.75) is 13.0 Å². The molecule has 7 nitrogen and oxygen atoms in total. The van der Waals surface area contributed by atoms with Crippen molar-refractivity contribution in [2.24, 2.45) is 0 Å². The lowest BCUT2D eigenvalue weighted by Gasteiger charge is -2.27. The predicted molar refractivity (Wildman–Crippen MR) is 123 cm³/mol. The summed E-state index contributed by atoms with van der Waals surface area (Å²) in [7, 11) is 5.30. The van der Waals surface area contributed by atoms with Gasteiger partial charge in [0.15, 0.2) is 0 Å². The van der Waals surface area contributed by atoms with E-state index >= 15 is 0 Å².